The van der Waals surface area contributed by atoms with Gasteiger partial charge in [0, 0.05) is 26.2 Å². The molecule has 134 valence electrons. The predicted molar refractivity (Wildman–Crippen MR) is 93.0 cm³/mol. The smallest absolute Gasteiger partial charge is 0.317 e. The molecule has 6 nitrogen and oxygen atoms in total. The SMILES string of the molecule is CC(C)CNC(=O)N1CCCC(C(=O)NC(C)(CN)C(C)C)C1. The van der Waals surface area contributed by atoms with E-state index in [1.165, 1.54) is 0 Å². The Labute approximate surface area is 140 Å². The number of rotatable bonds is 6. The number of hydrogen-bond acceptors (Lipinski definition) is 3. The third kappa shape index (κ3) is 5.68. The van der Waals surface area contributed by atoms with Crippen LogP contribution < -0.4 is 16.4 Å². The number of amides is 3. The average molecular weight is 326 g/mol. The van der Waals surface area contributed by atoms with E-state index < -0.39 is 5.54 Å². The van der Waals surface area contributed by atoms with Gasteiger partial charge in [0.1, 0.15) is 0 Å². The molecule has 0 aromatic heterocycles. The average Bonchev–Trinajstić information content (AvgIpc) is 2.52. The summed E-state index contributed by atoms with van der Waals surface area (Å²) in [7, 11) is 0. The molecule has 1 saturated heterocycles. The molecule has 1 aliphatic rings. The van der Waals surface area contributed by atoms with Gasteiger partial charge in [-0.1, -0.05) is 27.7 Å². The molecule has 0 aromatic rings. The van der Waals surface area contributed by atoms with Gasteiger partial charge in [-0.15, -0.1) is 0 Å². The van der Waals surface area contributed by atoms with Crippen molar-refractivity contribution in [3.8, 4) is 0 Å². The normalized spacial score (nSPS) is 21.2. The van der Waals surface area contributed by atoms with Crippen molar-refractivity contribution in [1.82, 2.24) is 15.5 Å². The number of nitrogens with zero attached hydrogens (tertiary/aromatic N) is 1. The lowest BCUT2D eigenvalue weighted by atomic mass is 9.87. The Kier molecular flexibility index (Phi) is 7.32. The molecule has 0 aromatic carbocycles. The van der Waals surface area contributed by atoms with Crippen LogP contribution in [0.1, 0.15) is 47.5 Å². The van der Waals surface area contributed by atoms with Gasteiger partial charge in [-0.2, -0.15) is 0 Å². The van der Waals surface area contributed by atoms with E-state index in [-0.39, 0.29) is 23.8 Å². The van der Waals surface area contributed by atoms with Crippen LogP contribution in [-0.2, 0) is 4.79 Å². The molecule has 2 unspecified atom stereocenters. The molecular formula is C17H34N4O2. The Balaban J connectivity index is 2.60. The molecule has 2 atom stereocenters. The molecule has 0 saturated carbocycles. The first-order valence-corrected chi connectivity index (χ1v) is 8.74. The summed E-state index contributed by atoms with van der Waals surface area (Å²) in [5.41, 5.74) is 5.44. The van der Waals surface area contributed by atoms with Crippen LogP contribution in [0.25, 0.3) is 0 Å². The van der Waals surface area contributed by atoms with Crippen LogP contribution in [0.5, 0.6) is 0 Å². The lowest BCUT2D eigenvalue weighted by Gasteiger charge is -2.37. The second kappa shape index (κ2) is 8.52. The van der Waals surface area contributed by atoms with Gasteiger partial charge < -0.3 is 21.3 Å². The van der Waals surface area contributed by atoms with Crippen molar-refractivity contribution in [2.45, 2.75) is 53.0 Å². The first kappa shape index (κ1) is 19.7. The zero-order chi connectivity index (χ0) is 17.6. The predicted octanol–water partition coefficient (Wildman–Crippen LogP) is 1.55. The minimum Gasteiger partial charge on any atom is -0.349 e. The van der Waals surface area contributed by atoms with Crippen molar-refractivity contribution < 1.29 is 9.59 Å². The number of likely N-dealkylation sites (tertiary alicyclic amines) is 1. The van der Waals surface area contributed by atoms with Crippen molar-refractivity contribution in [1.29, 1.82) is 0 Å². The van der Waals surface area contributed by atoms with E-state index in [0.717, 1.165) is 12.8 Å². The van der Waals surface area contributed by atoms with Crippen molar-refractivity contribution in [2.24, 2.45) is 23.5 Å². The second-order valence-electron chi connectivity index (χ2n) is 7.63. The minimum absolute atomic E-state index is 0.00742. The summed E-state index contributed by atoms with van der Waals surface area (Å²) < 4.78 is 0. The van der Waals surface area contributed by atoms with Crippen LogP contribution in [0, 0.1) is 17.8 Å². The third-order valence-corrected chi connectivity index (χ3v) is 4.85. The van der Waals surface area contributed by atoms with Crippen LogP contribution in [0.3, 0.4) is 0 Å². The molecule has 4 N–H and O–H groups in total. The number of hydrogen-bond donors (Lipinski definition) is 3. The van der Waals surface area contributed by atoms with Crippen molar-refractivity contribution >= 4 is 11.9 Å². The van der Waals surface area contributed by atoms with Crippen molar-refractivity contribution in [2.75, 3.05) is 26.2 Å². The minimum atomic E-state index is -0.404. The maximum absolute atomic E-state index is 12.6. The molecule has 0 aliphatic carbocycles. The highest BCUT2D eigenvalue weighted by Crippen LogP contribution is 2.20. The number of carbonyl (C=O) groups is 2. The monoisotopic (exact) mass is 326 g/mol. The molecule has 1 rings (SSSR count). The Morgan fingerprint density at radius 3 is 2.48 bits per heavy atom. The van der Waals surface area contributed by atoms with Crippen LogP contribution >= 0.6 is 0 Å². The maximum Gasteiger partial charge on any atom is 0.317 e. The molecule has 0 spiro atoms. The molecule has 1 aliphatic heterocycles. The van der Waals surface area contributed by atoms with Gasteiger partial charge in [0.2, 0.25) is 5.91 Å². The highest BCUT2D eigenvalue weighted by Gasteiger charge is 2.34. The van der Waals surface area contributed by atoms with Gasteiger partial charge in [0.15, 0.2) is 0 Å². The van der Waals surface area contributed by atoms with Crippen LogP contribution in [0.2, 0.25) is 0 Å². The Hall–Kier alpha value is -1.30. The highest BCUT2D eigenvalue weighted by molar-refractivity contribution is 5.81. The van der Waals surface area contributed by atoms with E-state index in [4.69, 9.17) is 5.73 Å². The van der Waals surface area contributed by atoms with Gasteiger partial charge in [0.25, 0.3) is 0 Å². The highest BCUT2D eigenvalue weighted by atomic mass is 16.2. The summed E-state index contributed by atoms with van der Waals surface area (Å²) in [4.78, 5) is 26.5. The van der Waals surface area contributed by atoms with Crippen LogP contribution in [0.4, 0.5) is 4.79 Å². The number of urea groups is 1. The molecular weight excluding hydrogens is 292 g/mol. The van der Waals surface area contributed by atoms with Gasteiger partial charge >= 0.3 is 6.03 Å². The molecule has 0 bridgehead atoms. The summed E-state index contributed by atoms with van der Waals surface area (Å²) >= 11 is 0. The molecule has 1 heterocycles. The second-order valence-corrected chi connectivity index (χ2v) is 7.63. The largest absolute Gasteiger partial charge is 0.349 e. The standard InChI is InChI=1S/C17H34N4O2/c1-12(2)9-19-16(23)21-8-6-7-14(10-21)15(22)20-17(5,11-18)13(3)4/h12-14H,6-11,18H2,1-5H3,(H,19,23)(H,20,22). The van der Waals surface area contributed by atoms with Gasteiger partial charge in [-0.3, -0.25) is 4.79 Å². The van der Waals surface area contributed by atoms with E-state index in [9.17, 15) is 9.59 Å². The molecule has 23 heavy (non-hydrogen) atoms. The number of carbonyl (C=O) groups excluding carboxylic acids is 2. The number of nitrogens with two attached hydrogens (primary N) is 1. The number of piperidine rings is 1. The zero-order valence-corrected chi connectivity index (χ0v) is 15.3. The van der Waals surface area contributed by atoms with Gasteiger partial charge in [-0.25, -0.2) is 4.79 Å². The van der Waals surface area contributed by atoms with E-state index in [0.29, 0.717) is 32.1 Å². The van der Waals surface area contributed by atoms with Crippen molar-refractivity contribution in [3.05, 3.63) is 0 Å². The van der Waals surface area contributed by atoms with Gasteiger partial charge in [-0.05, 0) is 31.6 Å². The molecule has 6 heteroatoms. The van der Waals surface area contributed by atoms with E-state index in [1.54, 1.807) is 4.90 Å². The molecule has 3 amide bonds. The fourth-order valence-electron chi connectivity index (χ4n) is 2.59. The lowest BCUT2D eigenvalue weighted by molar-refractivity contribution is -0.128. The van der Waals surface area contributed by atoms with E-state index in [2.05, 4.69) is 38.3 Å². The number of nitrogens with one attached hydrogen (secondary N) is 2. The summed E-state index contributed by atoms with van der Waals surface area (Å²) in [6.07, 6.45) is 1.67. The quantitative estimate of drug-likeness (QED) is 0.692. The summed E-state index contributed by atoms with van der Waals surface area (Å²) in [6.45, 7) is 12.5. The maximum atomic E-state index is 12.6. The molecule has 0 radical (unpaired) electrons. The van der Waals surface area contributed by atoms with Gasteiger partial charge in [0.05, 0.1) is 11.5 Å². The Morgan fingerprint density at radius 2 is 1.96 bits per heavy atom. The topological polar surface area (TPSA) is 87.5 Å². The van der Waals surface area contributed by atoms with E-state index in [1.807, 2.05) is 6.92 Å². The first-order chi connectivity index (χ1) is 10.7. The summed E-state index contributed by atoms with van der Waals surface area (Å²) in [6, 6.07) is -0.0679. The van der Waals surface area contributed by atoms with E-state index >= 15 is 0 Å². The first-order valence-electron chi connectivity index (χ1n) is 8.74. The zero-order valence-electron chi connectivity index (χ0n) is 15.3. The molecule has 1 fully saturated rings. The fourth-order valence-corrected chi connectivity index (χ4v) is 2.59. The third-order valence-electron chi connectivity index (χ3n) is 4.85. The van der Waals surface area contributed by atoms with Crippen LogP contribution in [0.15, 0.2) is 0 Å². The van der Waals surface area contributed by atoms with Crippen molar-refractivity contribution in [3.63, 3.8) is 0 Å². The summed E-state index contributed by atoms with van der Waals surface area (Å²) in [5, 5.41) is 6.02. The Bertz CT molecular complexity index is 411. The van der Waals surface area contributed by atoms with Crippen LogP contribution in [-0.4, -0.2) is 48.6 Å². The fraction of sp³-hybridized carbons (Fsp3) is 0.882. The Morgan fingerprint density at radius 1 is 1.30 bits per heavy atom. The lowest BCUT2D eigenvalue weighted by Crippen LogP contribution is -2.58. The summed E-state index contributed by atoms with van der Waals surface area (Å²) in [5.74, 6) is 0.524.